The molecule has 3 rings (SSSR count). The zero-order valence-corrected chi connectivity index (χ0v) is 14.9. The molecule has 118 valence electrons. The Labute approximate surface area is 146 Å². The largest absolute Gasteiger partial charge is 0.477 e. The van der Waals surface area contributed by atoms with Crippen LogP contribution in [0.2, 0.25) is 0 Å². The van der Waals surface area contributed by atoms with Crippen LogP contribution in [0.1, 0.15) is 15.2 Å². The van der Waals surface area contributed by atoms with Gasteiger partial charge in [0.25, 0.3) is 0 Å². The first-order valence-electron chi connectivity index (χ1n) is 6.78. The second-order valence-electron chi connectivity index (χ2n) is 4.76. The maximum absolute atomic E-state index is 11.4. The van der Waals surface area contributed by atoms with E-state index in [0.29, 0.717) is 4.88 Å². The van der Waals surface area contributed by atoms with Crippen LogP contribution in [0.3, 0.4) is 0 Å². The van der Waals surface area contributed by atoms with Gasteiger partial charge in [-0.3, -0.25) is 0 Å². The van der Waals surface area contributed by atoms with Crippen LogP contribution in [0, 0.1) is 6.92 Å². The molecule has 0 bridgehead atoms. The summed E-state index contributed by atoms with van der Waals surface area (Å²) in [6, 6.07) is 9.85. The molecule has 0 saturated heterocycles. The van der Waals surface area contributed by atoms with Gasteiger partial charge in [-0.15, -0.1) is 34.4 Å². The Bertz CT molecular complexity index is 840. The zero-order valence-electron chi connectivity index (χ0n) is 12.5. The third kappa shape index (κ3) is 3.26. The molecule has 0 radical (unpaired) electrons. The van der Waals surface area contributed by atoms with E-state index in [1.807, 2.05) is 48.9 Å². The van der Waals surface area contributed by atoms with Gasteiger partial charge in [0.05, 0.1) is 9.90 Å². The van der Waals surface area contributed by atoms with Crippen molar-refractivity contribution in [1.29, 1.82) is 0 Å². The number of hydrogen-bond acceptors (Lipinski definition) is 6. The molecule has 3 aromatic rings. The average Bonchev–Trinajstić information content (AvgIpc) is 3.12. The minimum Gasteiger partial charge on any atom is -0.477 e. The number of carbonyl (C=O) groups is 1. The summed E-state index contributed by atoms with van der Waals surface area (Å²) < 4.78 is 0.983. The number of aromatic carboxylic acids is 1. The number of thiazole rings is 1. The van der Waals surface area contributed by atoms with E-state index in [2.05, 4.69) is 10.3 Å². The maximum atomic E-state index is 11.4. The minimum atomic E-state index is -0.882. The van der Waals surface area contributed by atoms with Crippen LogP contribution in [0.4, 0.5) is 10.8 Å². The van der Waals surface area contributed by atoms with Crippen molar-refractivity contribution in [2.24, 2.45) is 0 Å². The topological polar surface area (TPSA) is 62.2 Å². The molecule has 0 amide bonds. The predicted octanol–water partition coefficient (Wildman–Crippen LogP) is 5.34. The zero-order chi connectivity index (χ0) is 16.4. The fraction of sp³-hybridized carbons (Fsp3) is 0.125. The monoisotopic (exact) mass is 362 g/mol. The molecule has 4 nitrogen and oxygen atoms in total. The molecule has 0 aliphatic rings. The first kappa shape index (κ1) is 16.0. The van der Waals surface area contributed by atoms with Crippen molar-refractivity contribution in [3.05, 3.63) is 46.2 Å². The molecule has 0 aliphatic carbocycles. The first-order valence-corrected chi connectivity index (χ1v) is 9.71. The van der Waals surface area contributed by atoms with E-state index in [4.69, 9.17) is 0 Å². The summed E-state index contributed by atoms with van der Waals surface area (Å²) in [4.78, 5) is 16.4. The molecule has 2 N–H and O–H groups in total. The van der Waals surface area contributed by atoms with Crippen molar-refractivity contribution >= 4 is 51.2 Å². The van der Waals surface area contributed by atoms with Crippen LogP contribution in [-0.2, 0) is 0 Å². The van der Waals surface area contributed by atoms with E-state index in [1.165, 1.54) is 22.7 Å². The average molecular weight is 363 g/mol. The number of rotatable bonds is 5. The molecule has 1 aromatic carbocycles. The summed E-state index contributed by atoms with van der Waals surface area (Å²) in [5, 5.41) is 15.3. The standard InChI is InChI=1S/C16H14N2O2S3/c1-9-12(15(21-2)23-13(9)14(19)20)11-8-22-16(18-11)17-10-6-4-3-5-7-10/h3-8H,1-2H3,(H,17,18)(H,19,20). The molecule has 0 unspecified atom stereocenters. The summed E-state index contributed by atoms with van der Waals surface area (Å²) in [5.41, 5.74) is 3.51. The van der Waals surface area contributed by atoms with Crippen molar-refractivity contribution in [3.63, 3.8) is 0 Å². The predicted molar refractivity (Wildman–Crippen MR) is 98.6 cm³/mol. The van der Waals surface area contributed by atoms with Crippen LogP contribution in [0.15, 0.2) is 39.9 Å². The SMILES string of the molecule is CSc1sc(C(=O)O)c(C)c1-c1csc(Nc2ccccc2)n1. The van der Waals surface area contributed by atoms with E-state index in [0.717, 1.165) is 31.8 Å². The van der Waals surface area contributed by atoms with E-state index in [9.17, 15) is 9.90 Å². The second kappa shape index (κ2) is 6.74. The molecule has 7 heteroatoms. The van der Waals surface area contributed by atoms with Crippen LogP contribution < -0.4 is 5.32 Å². The number of thiophene rings is 1. The summed E-state index contributed by atoms with van der Waals surface area (Å²) in [6.45, 7) is 1.85. The number of carboxylic acids is 1. The first-order chi connectivity index (χ1) is 11.1. The van der Waals surface area contributed by atoms with Gasteiger partial charge in [-0.2, -0.15) is 0 Å². The van der Waals surface area contributed by atoms with Crippen molar-refractivity contribution in [2.45, 2.75) is 11.1 Å². The second-order valence-corrected chi connectivity index (χ2v) is 7.71. The number of nitrogens with zero attached hydrogens (tertiary/aromatic N) is 1. The van der Waals surface area contributed by atoms with Gasteiger partial charge in [0.1, 0.15) is 4.88 Å². The fourth-order valence-electron chi connectivity index (χ4n) is 2.22. The number of thioether (sulfide) groups is 1. The smallest absolute Gasteiger partial charge is 0.346 e. The fourth-order valence-corrected chi connectivity index (χ4v) is 4.88. The Hall–Kier alpha value is -1.83. The molecule has 0 spiro atoms. The number of para-hydroxylation sites is 1. The Morgan fingerprint density at radius 3 is 2.70 bits per heavy atom. The minimum absolute atomic E-state index is 0.384. The molecule has 0 aliphatic heterocycles. The molecule has 2 heterocycles. The van der Waals surface area contributed by atoms with Gasteiger partial charge in [0.2, 0.25) is 0 Å². The highest BCUT2D eigenvalue weighted by Crippen LogP contribution is 2.42. The number of nitrogens with one attached hydrogen (secondary N) is 1. The lowest BCUT2D eigenvalue weighted by atomic mass is 10.1. The van der Waals surface area contributed by atoms with Crippen LogP contribution in [-0.4, -0.2) is 22.3 Å². The molecule has 2 aromatic heterocycles. The quantitative estimate of drug-likeness (QED) is 0.600. The summed E-state index contributed by atoms with van der Waals surface area (Å²) in [7, 11) is 0. The van der Waals surface area contributed by atoms with Gasteiger partial charge in [-0.05, 0) is 30.9 Å². The maximum Gasteiger partial charge on any atom is 0.346 e. The third-order valence-electron chi connectivity index (χ3n) is 3.28. The summed E-state index contributed by atoms with van der Waals surface area (Å²) in [6.07, 6.45) is 1.95. The molecular weight excluding hydrogens is 348 g/mol. The normalized spacial score (nSPS) is 10.7. The summed E-state index contributed by atoms with van der Waals surface area (Å²) in [5.74, 6) is -0.882. The van der Waals surface area contributed by atoms with Crippen LogP contribution in [0.5, 0.6) is 0 Å². The van der Waals surface area contributed by atoms with Gasteiger partial charge < -0.3 is 10.4 Å². The highest BCUT2D eigenvalue weighted by Gasteiger charge is 2.22. The van der Waals surface area contributed by atoms with Crippen LogP contribution >= 0.6 is 34.4 Å². The highest BCUT2D eigenvalue weighted by molar-refractivity contribution is 8.00. The van der Waals surface area contributed by atoms with Crippen molar-refractivity contribution in [2.75, 3.05) is 11.6 Å². The van der Waals surface area contributed by atoms with Gasteiger partial charge in [0.15, 0.2) is 5.13 Å². The van der Waals surface area contributed by atoms with E-state index < -0.39 is 5.97 Å². The molecule has 0 fully saturated rings. The highest BCUT2D eigenvalue weighted by atomic mass is 32.2. The Balaban J connectivity index is 1.96. The Morgan fingerprint density at radius 2 is 2.04 bits per heavy atom. The summed E-state index contributed by atoms with van der Waals surface area (Å²) >= 11 is 4.38. The number of aromatic nitrogens is 1. The number of hydrogen-bond donors (Lipinski definition) is 2. The lowest BCUT2D eigenvalue weighted by Gasteiger charge is -2.02. The van der Waals surface area contributed by atoms with Crippen molar-refractivity contribution in [3.8, 4) is 11.3 Å². The van der Waals surface area contributed by atoms with Crippen molar-refractivity contribution in [1.82, 2.24) is 4.98 Å². The Morgan fingerprint density at radius 1 is 1.30 bits per heavy atom. The van der Waals surface area contributed by atoms with Gasteiger partial charge in [0, 0.05) is 16.6 Å². The lowest BCUT2D eigenvalue weighted by Crippen LogP contribution is -1.94. The van der Waals surface area contributed by atoms with Crippen LogP contribution in [0.25, 0.3) is 11.3 Å². The van der Waals surface area contributed by atoms with E-state index in [-0.39, 0.29) is 0 Å². The molecular formula is C16H14N2O2S3. The number of carboxylic acid groups (broad SMARTS) is 1. The van der Waals surface area contributed by atoms with E-state index >= 15 is 0 Å². The van der Waals surface area contributed by atoms with Crippen molar-refractivity contribution < 1.29 is 9.90 Å². The molecule has 0 saturated carbocycles. The van der Waals surface area contributed by atoms with Gasteiger partial charge in [-0.1, -0.05) is 18.2 Å². The van der Waals surface area contributed by atoms with Gasteiger partial charge >= 0.3 is 5.97 Å². The Kier molecular flexibility index (Phi) is 4.70. The number of benzene rings is 1. The third-order valence-corrected chi connectivity index (χ3v) is 6.44. The molecule has 23 heavy (non-hydrogen) atoms. The van der Waals surface area contributed by atoms with Gasteiger partial charge in [-0.25, -0.2) is 9.78 Å². The molecule has 0 atom stereocenters. The van der Waals surface area contributed by atoms with E-state index in [1.54, 1.807) is 11.8 Å². The lowest BCUT2D eigenvalue weighted by molar-refractivity contribution is 0.0701. The number of anilines is 2.